The molecule has 0 amide bonds. The summed E-state index contributed by atoms with van der Waals surface area (Å²) in [5.74, 6) is 7.06. The van der Waals surface area contributed by atoms with Gasteiger partial charge in [0.15, 0.2) is 0 Å². The number of hydrogen-bond acceptors (Lipinski definition) is 5. The summed E-state index contributed by atoms with van der Waals surface area (Å²) in [6.07, 6.45) is 4.49. The molecule has 5 nitrogen and oxygen atoms in total. The van der Waals surface area contributed by atoms with Crippen molar-refractivity contribution in [2.24, 2.45) is 5.84 Å². The second-order valence-electron chi connectivity index (χ2n) is 4.81. The molecular weight excluding hydrogens is 214 g/mol. The Morgan fingerprint density at radius 3 is 2.41 bits per heavy atom. The molecule has 4 N–H and O–H groups in total. The van der Waals surface area contributed by atoms with Crippen LogP contribution in [0.25, 0.3) is 0 Å². The average molecular weight is 237 g/mol. The molecule has 0 saturated carbocycles. The molecule has 0 spiro atoms. The van der Waals surface area contributed by atoms with Crippen molar-refractivity contribution >= 4 is 11.6 Å². The van der Waals surface area contributed by atoms with Gasteiger partial charge in [0.25, 0.3) is 0 Å². The summed E-state index contributed by atoms with van der Waals surface area (Å²) in [6, 6.07) is 0. The van der Waals surface area contributed by atoms with Crippen LogP contribution >= 0.6 is 0 Å². The molecule has 0 bridgehead atoms. The van der Waals surface area contributed by atoms with E-state index in [4.69, 9.17) is 5.84 Å². The van der Waals surface area contributed by atoms with Crippen molar-refractivity contribution in [1.29, 1.82) is 0 Å². The standard InChI is InChI=1S/C12H23N5/c1-5-7-9-10(16-12(3,4)6-2)14-8-15-11(9)17-13/h8H,5-7,13H2,1-4H3,(H2,14,15,16,17). The summed E-state index contributed by atoms with van der Waals surface area (Å²) in [4.78, 5) is 8.47. The molecule has 1 rings (SSSR count). The average Bonchev–Trinajstić information content (AvgIpc) is 2.31. The Morgan fingerprint density at radius 1 is 1.24 bits per heavy atom. The number of nitrogens with two attached hydrogens (primary N) is 1. The van der Waals surface area contributed by atoms with Crippen molar-refractivity contribution in [3.05, 3.63) is 11.9 Å². The maximum atomic E-state index is 5.48. The molecule has 0 aromatic carbocycles. The number of anilines is 2. The van der Waals surface area contributed by atoms with E-state index in [2.05, 4.69) is 48.4 Å². The van der Waals surface area contributed by atoms with Crippen LogP contribution in [0.4, 0.5) is 11.6 Å². The fourth-order valence-electron chi connectivity index (χ4n) is 1.54. The van der Waals surface area contributed by atoms with Crippen LogP contribution in [-0.2, 0) is 6.42 Å². The topological polar surface area (TPSA) is 75.9 Å². The zero-order valence-corrected chi connectivity index (χ0v) is 11.2. The van der Waals surface area contributed by atoms with Gasteiger partial charge in [-0.2, -0.15) is 0 Å². The summed E-state index contributed by atoms with van der Waals surface area (Å²) in [5.41, 5.74) is 3.70. The Balaban J connectivity index is 3.05. The van der Waals surface area contributed by atoms with Gasteiger partial charge in [-0.3, -0.25) is 0 Å². The highest BCUT2D eigenvalue weighted by atomic mass is 15.3. The summed E-state index contributed by atoms with van der Waals surface area (Å²) >= 11 is 0. The first-order valence-corrected chi connectivity index (χ1v) is 6.12. The van der Waals surface area contributed by atoms with Crippen LogP contribution in [0.15, 0.2) is 6.33 Å². The van der Waals surface area contributed by atoms with E-state index in [0.29, 0.717) is 5.82 Å². The first kappa shape index (κ1) is 13.7. The van der Waals surface area contributed by atoms with Gasteiger partial charge in [-0.05, 0) is 26.7 Å². The Kier molecular flexibility index (Phi) is 4.69. The van der Waals surface area contributed by atoms with Crippen LogP contribution in [0.1, 0.15) is 46.1 Å². The van der Waals surface area contributed by atoms with E-state index in [1.54, 1.807) is 0 Å². The van der Waals surface area contributed by atoms with Crippen molar-refractivity contribution in [3.8, 4) is 0 Å². The molecule has 5 heteroatoms. The fourth-order valence-corrected chi connectivity index (χ4v) is 1.54. The molecule has 0 unspecified atom stereocenters. The van der Waals surface area contributed by atoms with Crippen molar-refractivity contribution in [2.75, 3.05) is 10.7 Å². The lowest BCUT2D eigenvalue weighted by Gasteiger charge is -2.27. The van der Waals surface area contributed by atoms with Gasteiger partial charge < -0.3 is 10.7 Å². The highest BCUT2D eigenvalue weighted by molar-refractivity contribution is 5.57. The molecule has 96 valence electrons. The summed E-state index contributed by atoms with van der Waals surface area (Å²) in [5, 5.41) is 3.45. The van der Waals surface area contributed by atoms with Crippen LogP contribution in [0, 0.1) is 0 Å². The molecule has 1 heterocycles. The lowest BCUT2D eigenvalue weighted by molar-refractivity contribution is 0.543. The summed E-state index contributed by atoms with van der Waals surface area (Å²) < 4.78 is 0. The lowest BCUT2D eigenvalue weighted by atomic mass is 10.0. The first-order chi connectivity index (χ1) is 8.04. The normalized spacial score (nSPS) is 11.4. The molecule has 0 fully saturated rings. The molecule has 0 atom stereocenters. The predicted octanol–water partition coefficient (Wildman–Crippen LogP) is 2.32. The Bertz CT molecular complexity index is 362. The minimum atomic E-state index is 0.0166. The zero-order chi connectivity index (χ0) is 12.9. The number of aromatic nitrogens is 2. The Labute approximate surface area is 103 Å². The molecule has 0 radical (unpaired) electrons. The van der Waals surface area contributed by atoms with Gasteiger partial charge in [-0.25, -0.2) is 15.8 Å². The summed E-state index contributed by atoms with van der Waals surface area (Å²) in [6.45, 7) is 8.58. The quantitative estimate of drug-likeness (QED) is 0.523. The zero-order valence-electron chi connectivity index (χ0n) is 11.2. The molecule has 1 aromatic rings. The van der Waals surface area contributed by atoms with Gasteiger partial charge in [0, 0.05) is 11.1 Å². The molecule has 0 aliphatic heterocycles. The number of nitrogens with one attached hydrogen (secondary N) is 2. The SMILES string of the molecule is CCCc1c(NN)ncnc1NC(C)(C)CC. The molecule has 1 aromatic heterocycles. The third kappa shape index (κ3) is 3.56. The third-order valence-corrected chi connectivity index (χ3v) is 2.92. The summed E-state index contributed by atoms with van der Waals surface area (Å²) in [7, 11) is 0. The van der Waals surface area contributed by atoms with E-state index in [0.717, 1.165) is 30.6 Å². The maximum Gasteiger partial charge on any atom is 0.148 e. The Hall–Kier alpha value is -1.36. The lowest BCUT2D eigenvalue weighted by Crippen LogP contribution is -2.31. The van der Waals surface area contributed by atoms with Gasteiger partial charge in [-0.1, -0.05) is 20.3 Å². The van der Waals surface area contributed by atoms with E-state index in [1.807, 2.05) is 0 Å². The van der Waals surface area contributed by atoms with E-state index >= 15 is 0 Å². The maximum absolute atomic E-state index is 5.48. The van der Waals surface area contributed by atoms with Crippen LogP contribution in [0.5, 0.6) is 0 Å². The van der Waals surface area contributed by atoms with Gasteiger partial charge in [0.05, 0.1) is 0 Å². The second kappa shape index (κ2) is 5.82. The van der Waals surface area contributed by atoms with E-state index in [1.165, 1.54) is 6.33 Å². The monoisotopic (exact) mass is 237 g/mol. The second-order valence-corrected chi connectivity index (χ2v) is 4.81. The van der Waals surface area contributed by atoms with Gasteiger partial charge in [0.2, 0.25) is 0 Å². The molecular formula is C12H23N5. The number of rotatable bonds is 6. The predicted molar refractivity (Wildman–Crippen MR) is 71.8 cm³/mol. The first-order valence-electron chi connectivity index (χ1n) is 6.12. The van der Waals surface area contributed by atoms with E-state index < -0.39 is 0 Å². The minimum Gasteiger partial charge on any atom is -0.365 e. The largest absolute Gasteiger partial charge is 0.365 e. The smallest absolute Gasteiger partial charge is 0.148 e. The van der Waals surface area contributed by atoms with Gasteiger partial charge in [-0.15, -0.1) is 0 Å². The number of hydrazine groups is 1. The van der Waals surface area contributed by atoms with Crippen LogP contribution < -0.4 is 16.6 Å². The van der Waals surface area contributed by atoms with Crippen LogP contribution in [0.3, 0.4) is 0 Å². The van der Waals surface area contributed by atoms with Crippen LogP contribution in [-0.4, -0.2) is 15.5 Å². The van der Waals surface area contributed by atoms with Crippen molar-refractivity contribution in [1.82, 2.24) is 9.97 Å². The number of nitrogen functional groups attached to an aromatic ring is 1. The fraction of sp³-hybridized carbons (Fsp3) is 0.667. The number of nitrogens with zero attached hydrogens (tertiary/aromatic N) is 2. The van der Waals surface area contributed by atoms with E-state index in [-0.39, 0.29) is 5.54 Å². The van der Waals surface area contributed by atoms with Gasteiger partial charge >= 0.3 is 0 Å². The van der Waals surface area contributed by atoms with Crippen molar-refractivity contribution in [3.63, 3.8) is 0 Å². The number of hydrogen-bond donors (Lipinski definition) is 3. The van der Waals surface area contributed by atoms with E-state index in [9.17, 15) is 0 Å². The third-order valence-electron chi connectivity index (χ3n) is 2.92. The van der Waals surface area contributed by atoms with Crippen molar-refractivity contribution in [2.45, 2.75) is 52.5 Å². The highest BCUT2D eigenvalue weighted by Crippen LogP contribution is 2.24. The minimum absolute atomic E-state index is 0.0166. The molecule has 17 heavy (non-hydrogen) atoms. The van der Waals surface area contributed by atoms with Crippen LogP contribution in [0.2, 0.25) is 0 Å². The Morgan fingerprint density at radius 2 is 1.88 bits per heavy atom. The van der Waals surface area contributed by atoms with Gasteiger partial charge in [0.1, 0.15) is 18.0 Å². The molecule has 0 saturated heterocycles. The highest BCUT2D eigenvalue weighted by Gasteiger charge is 2.18. The molecule has 0 aliphatic carbocycles. The van der Waals surface area contributed by atoms with Crippen molar-refractivity contribution < 1.29 is 0 Å². The molecule has 0 aliphatic rings.